The Balaban J connectivity index is 2.20. The van der Waals surface area contributed by atoms with Gasteiger partial charge in [0.1, 0.15) is 17.3 Å². The molecule has 3 rings (SSSR count). The summed E-state index contributed by atoms with van der Waals surface area (Å²) in [6.45, 7) is 3.88. The first-order valence-corrected chi connectivity index (χ1v) is 7.37. The lowest BCUT2D eigenvalue weighted by molar-refractivity contribution is 0.502. The molecule has 0 aliphatic carbocycles. The Morgan fingerprint density at radius 3 is 2.35 bits per heavy atom. The van der Waals surface area contributed by atoms with Crippen LogP contribution in [-0.4, -0.2) is 0 Å². The summed E-state index contributed by atoms with van der Waals surface area (Å²) in [6, 6.07) is 12.9. The van der Waals surface area contributed by atoms with E-state index in [9.17, 15) is 4.39 Å². The number of furan rings is 1. The van der Waals surface area contributed by atoms with Gasteiger partial charge in [-0.05, 0) is 36.9 Å². The van der Waals surface area contributed by atoms with Gasteiger partial charge in [-0.1, -0.05) is 46.3 Å². The lowest BCUT2D eigenvalue weighted by Gasteiger charge is -2.13. The summed E-state index contributed by atoms with van der Waals surface area (Å²) in [6.07, 6.45) is 0. The minimum atomic E-state index is -0.191. The fraction of sp³-hybridized carbons (Fsp3) is 0.176. The number of benzene rings is 2. The molecule has 0 aliphatic heterocycles. The Labute approximate surface area is 125 Å². The van der Waals surface area contributed by atoms with E-state index in [1.165, 1.54) is 6.07 Å². The SMILES string of the molecule is Cc1cc(C(Br)c2ccc(F)c3ccccc23)c(C)o1. The molecule has 0 fully saturated rings. The average molecular weight is 333 g/mol. The van der Waals surface area contributed by atoms with Gasteiger partial charge in [-0.2, -0.15) is 0 Å². The van der Waals surface area contributed by atoms with Crippen molar-refractivity contribution in [1.29, 1.82) is 0 Å². The molecule has 1 nitrogen and oxygen atoms in total. The van der Waals surface area contributed by atoms with E-state index in [0.717, 1.165) is 28.0 Å². The van der Waals surface area contributed by atoms with E-state index in [0.29, 0.717) is 5.39 Å². The van der Waals surface area contributed by atoms with Crippen LogP contribution in [0.5, 0.6) is 0 Å². The molecule has 0 spiro atoms. The number of alkyl halides is 1. The lowest BCUT2D eigenvalue weighted by Crippen LogP contribution is -1.95. The lowest BCUT2D eigenvalue weighted by atomic mass is 9.98. The Kier molecular flexibility index (Phi) is 3.38. The molecule has 3 heteroatoms. The van der Waals surface area contributed by atoms with Crippen LogP contribution in [0.25, 0.3) is 10.8 Å². The molecule has 0 N–H and O–H groups in total. The molecule has 0 radical (unpaired) electrons. The molecule has 1 aromatic heterocycles. The van der Waals surface area contributed by atoms with E-state index in [4.69, 9.17) is 4.42 Å². The topological polar surface area (TPSA) is 13.1 Å². The van der Waals surface area contributed by atoms with Gasteiger partial charge in [-0.15, -0.1) is 0 Å². The van der Waals surface area contributed by atoms with Crippen LogP contribution in [0.3, 0.4) is 0 Å². The van der Waals surface area contributed by atoms with Gasteiger partial charge < -0.3 is 4.42 Å². The standard InChI is InChI=1S/C17H14BrFO/c1-10-9-15(11(2)20-10)17(18)14-7-8-16(19)13-6-4-3-5-12(13)14/h3-9,17H,1-2H3. The molecule has 2 aromatic carbocycles. The Bertz CT molecular complexity index is 776. The van der Waals surface area contributed by atoms with E-state index in [1.54, 1.807) is 6.07 Å². The highest BCUT2D eigenvalue weighted by atomic mass is 79.9. The predicted octanol–water partition coefficient (Wildman–Crippen LogP) is 5.67. The highest BCUT2D eigenvalue weighted by Gasteiger charge is 2.19. The van der Waals surface area contributed by atoms with Gasteiger partial charge in [0.2, 0.25) is 0 Å². The molecule has 0 saturated carbocycles. The number of halogens is 2. The Hall–Kier alpha value is -1.61. The first-order chi connectivity index (χ1) is 9.58. The van der Waals surface area contributed by atoms with Gasteiger partial charge in [-0.3, -0.25) is 0 Å². The van der Waals surface area contributed by atoms with Crippen LogP contribution in [0.2, 0.25) is 0 Å². The zero-order valence-electron chi connectivity index (χ0n) is 11.3. The molecule has 0 saturated heterocycles. The third kappa shape index (κ3) is 2.16. The first-order valence-electron chi connectivity index (χ1n) is 6.46. The van der Waals surface area contributed by atoms with Crippen LogP contribution in [0.15, 0.2) is 46.9 Å². The number of aryl methyl sites for hydroxylation is 2. The van der Waals surface area contributed by atoms with Crippen molar-refractivity contribution in [3.05, 3.63) is 70.9 Å². The Morgan fingerprint density at radius 1 is 1.00 bits per heavy atom. The fourth-order valence-electron chi connectivity index (χ4n) is 2.58. The number of fused-ring (bicyclic) bond motifs is 1. The monoisotopic (exact) mass is 332 g/mol. The van der Waals surface area contributed by atoms with Gasteiger partial charge in [-0.25, -0.2) is 4.39 Å². The van der Waals surface area contributed by atoms with Crippen LogP contribution < -0.4 is 0 Å². The van der Waals surface area contributed by atoms with E-state index in [2.05, 4.69) is 15.9 Å². The average Bonchev–Trinajstić information content (AvgIpc) is 2.78. The number of rotatable bonds is 2. The third-order valence-electron chi connectivity index (χ3n) is 3.53. The largest absolute Gasteiger partial charge is 0.466 e. The van der Waals surface area contributed by atoms with Crippen LogP contribution >= 0.6 is 15.9 Å². The van der Waals surface area contributed by atoms with Crippen LogP contribution in [0.1, 0.15) is 27.5 Å². The number of hydrogen-bond donors (Lipinski definition) is 0. The summed E-state index contributed by atoms with van der Waals surface area (Å²) in [4.78, 5) is -0.00884. The number of hydrogen-bond acceptors (Lipinski definition) is 1. The zero-order valence-corrected chi connectivity index (χ0v) is 12.9. The summed E-state index contributed by atoms with van der Waals surface area (Å²) in [5.74, 6) is 1.58. The van der Waals surface area contributed by atoms with Crippen molar-refractivity contribution >= 4 is 26.7 Å². The fourth-order valence-corrected chi connectivity index (χ4v) is 3.43. The molecular formula is C17H14BrFO. The summed E-state index contributed by atoms with van der Waals surface area (Å²) >= 11 is 3.72. The van der Waals surface area contributed by atoms with E-state index >= 15 is 0 Å². The van der Waals surface area contributed by atoms with E-state index in [-0.39, 0.29) is 10.6 Å². The van der Waals surface area contributed by atoms with Gasteiger partial charge in [0, 0.05) is 10.9 Å². The molecule has 1 atom stereocenters. The minimum absolute atomic E-state index is 0.00884. The summed E-state index contributed by atoms with van der Waals surface area (Å²) < 4.78 is 19.5. The second-order valence-electron chi connectivity index (χ2n) is 4.91. The Morgan fingerprint density at radius 2 is 1.70 bits per heavy atom. The van der Waals surface area contributed by atoms with Crippen molar-refractivity contribution in [2.24, 2.45) is 0 Å². The highest BCUT2D eigenvalue weighted by molar-refractivity contribution is 9.09. The van der Waals surface area contributed by atoms with Crippen molar-refractivity contribution in [2.75, 3.05) is 0 Å². The zero-order chi connectivity index (χ0) is 14.3. The molecule has 1 heterocycles. The van der Waals surface area contributed by atoms with Gasteiger partial charge in [0.15, 0.2) is 0 Å². The second kappa shape index (κ2) is 5.06. The van der Waals surface area contributed by atoms with E-state index in [1.807, 2.05) is 44.2 Å². The van der Waals surface area contributed by atoms with Gasteiger partial charge in [0.25, 0.3) is 0 Å². The van der Waals surface area contributed by atoms with E-state index < -0.39 is 0 Å². The maximum Gasteiger partial charge on any atom is 0.131 e. The van der Waals surface area contributed by atoms with Crippen molar-refractivity contribution < 1.29 is 8.81 Å². The first kappa shape index (κ1) is 13.4. The summed E-state index contributed by atoms with van der Waals surface area (Å²) in [7, 11) is 0. The van der Waals surface area contributed by atoms with Crippen molar-refractivity contribution in [3.63, 3.8) is 0 Å². The maximum absolute atomic E-state index is 13.9. The normalized spacial score (nSPS) is 12.8. The van der Waals surface area contributed by atoms with Crippen molar-refractivity contribution in [3.8, 4) is 0 Å². The maximum atomic E-state index is 13.9. The molecule has 0 aliphatic rings. The molecule has 102 valence electrons. The van der Waals surface area contributed by atoms with Crippen molar-refractivity contribution in [1.82, 2.24) is 0 Å². The van der Waals surface area contributed by atoms with Crippen LogP contribution in [-0.2, 0) is 0 Å². The van der Waals surface area contributed by atoms with Gasteiger partial charge >= 0.3 is 0 Å². The predicted molar refractivity (Wildman–Crippen MR) is 82.9 cm³/mol. The molecule has 3 aromatic rings. The highest BCUT2D eigenvalue weighted by Crippen LogP contribution is 2.38. The van der Waals surface area contributed by atoms with Gasteiger partial charge in [0.05, 0.1) is 4.83 Å². The summed E-state index contributed by atoms with van der Waals surface area (Å²) in [5, 5.41) is 1.57. The molecule has 1 unspecified atom stereocenters. The minimum Gasteiger partial charge on any atom is -0.466 e. The molecular weight excluding hydrogens is 319 g/mol. The van der Waals surface area contributed by atoms with Crippen molar-refractivity contribution in [2.45, 2.75) is 18.7 Å². The van der Waals surface area contributed by atoms with Crippen LogP contribution in [0.4, 0.5) is 4.39 Å². The van der Waals surface area contributed by atoms with Crippen LogP contribution in [0, 0.1) is 19.7 Å². The summed E-state index contributed by atoms with van der Waals surface area (Å²) in [5.41, 5.74) is 2.13. The quantitative estimate of drug-likeness (QED) is 0.551. The molecule has 0 amide bonds. The molecule has 20 heavy (non-hydrogen) atoms. The third-order valence-corrected chi connectivity index (χ3v) is 4.52. The molecule has 0 bridgehead atoms. The second-order valence-corrected chi connectivity index (χ2v) is 5.83. The smallest absolute Gasteiger partial charge is 0.131 e.